The maximum atomic E-state index is 12.7. The van der Waals surface area contributed by atoms with E-state index in [1.165, 1.54) is 16.8 Å². The van der Waals surface area contributed by atoms with Gasteiger partial charge < -0.3 is 14.2 Å². The zero-order chi connectivity index (χ0) is 25.8. The van der Waals surface area contributed by atoms with Gasteiger partial charge in [-0.05, 0) is 65.5 Å². The molecule has 1 N–H and O–H groups in total. The van der Waals surface area contributed by atoms with E-state index in [1.807, 2.05) is 54.8 Å². The van der Waals surface area contributed by atoms with Gasteiger partial charge in [-0.2, -0.15) is 15.1 Å². The number of methoxy groups -OCH3 is 1. The van der Waals surface area contributed by atoms with Gasteiger partial charge in [-0.1, -0.05) is 30.3 Å². The maximum Gasteiger partial charge on any atom is 0.283 e. The number of hydrazone groups is 1. The first-order valence-corrected chi connectivity index (χ1v) is 13.3. The topological polar surface area (TPSA) is 96.6 Å². The van der Waals surface area contributed by atoms with Gasteiger partial charge in [-0.3, -0.25) is 10.2 Å². The molecule has 2 aliphatic rings. The van der Waals surface area contributed by atoms with Crippen LogP contribution in [-0.4, -0.2) is 47.3 Å². The average Bonchev–Trinajstić information content (AvgIpc) is 3.58. The Morgan fingerprint density at radius 2 is 1.84 bits per heavy atom. The monoisotopic (exact) mass is 532 g/mol. The zero-order valence-corrected chi connectivity index (χ0v) is 21.9. The normalized spacial score (nSPS) is 15.9. The first kappa shape index (κ1) is 24.8. The van der Waals surface area contributed by atoms with Crippen LogP contribution in [0.5, 0.6) is 17.2 Å². The largest absolute Gasteiger partial charge is 0.493 e. The Morgan fingerprint density at radius 3 is 2.59 bits per heavy atom. The van der Waals surface area contributed by atoms with Gasteiger partial charge in [0, 0.05) is 6.42 Å². The van der Waals surface area contributed by atoms with Crippen LogP contribution in [0.15, 0.2) is 75.6 Å². The van der Waals surface area contributed by atoms with E-state index < -0.39 is 5.91 Å². The second-order valence-corrected chi connectivity index (χ2v) is 10.0. The molecule has 0 bridgehead atoms. The number of rotatable bonds is 9. The summed E-state index contributed by atoms with van der Waals surface area (Å²) in [6.45, 7) is 3.01. The molecule has 188 valence electrons. The van der Waals surface area contributed by atoms with Crippen molar-refractivity contribution in [1.29, 1.82) is 5.41 Å². The molecule has 37 heavy (non-hydrogen) atoms. The molecule has 0 fully saturated rings. The number of amidine groups is 2. The van der Waals surface area contributed by atoms with Crippen molar-refractivity contribution in [3.63, 3.8) is 0 Å². The third kappa shape index (κ3) is 5.45. The molecule has 0 saturated carbocycles. The lowest BCUT2D eigenvalue weighted by atomic mass is 10.1. The Kier molecular flexibility index (Phi) is 7.38. The molecule has 1 aromatic heterocycles. The van der Waals surface area contributed by atoms with E-state index in [-0.39, 0.29) is 11.4 Å². The van der Waals surface area contributed by atoms with Crippen LogP contribution in [0, 0.1) is 12.3 Å². The Balaban J connectivity index is 1.24. The molecule has 8 nitrogen and oxygen atoms in total. The van der Waals surface area contributed by atoms with Crippen LogP contribution < -0.4 is 14.2 Å². The number of hydrogen-bond acceptors (Lipinski definition) is 8. The number of hydrogen-bond donors (Lipinski definition) is 1. The molecule has 5 rings (SSSR count). The van der Waals surface area contributed by atoms with Crippen molar-refractivity contribution in [2.75, 3.05) is 20.3 Å². The molecule has 0 radical (unpaired) electrons. The van der Waals surface area contributed by atoms with Crippen molar-refractivity contribution in [1.82, 2.24) is 5.01 Å². The van der Waals surface area contributed by atoms with Crippen molar-refractivity contribution in [2.24, 2.45) is 10.1 Å². The van der Waals surface area contributed by atoms with Crippen LogP contribution in [0.25, 0.3) is 6.08 Å². The number of ether oxygens (including phenoxy) is 3. The highest BCUT2D eigenvalue weighted by molar-refractivity contribution is 8.27. The van der Waals surface area contributed by atoms with Crippen LogP contribution in [0.3, 0.4) is 0 Å². The number of amides is 1. The first-order valence-electron chi connectivity index (χ1n) is 11.6. The highest BCUT2D eigenvalue weighted by atomic mass is 32.2. The van der Waals surface area contributed by atoms with E-state index >= 15 is 0 Å². The van der Waals surface area contributed by atoms with Crippen molar-refractivity contribution in [3.05, 3.63) is 81.6 Å². The zero-order valence-electron chi connectivity index (χ0n) is 20.3. The number of nitrogens with zero attached hydrogens (tertiary/aromatic N) is 3. The van der Waals surface area contributed by atoms with Crippen molar-refractivity contribution in [3.8, 4) is 17.2 Å². The molecule has 10 heteroatoms. The van der Waals surface area contributed by atoms with Gasteiger partial charge in [0.05, 0.1) is 30.8 Å². The van der Waals surface area contributed by atoms with E-state index in [2.05, 4.69) is 10.1 Å². The lowest BCUT2D eigenvalue weighted by molar-refractivity contribution is -0.114. The van der Waals surface area contributed by atoms with Gasteiger partial charge in [0.2, 0.25) is 5.17 Å². The van der Waals surface area contributed by atoms with Gasteiger partial charge in [-0.15, -0.1) is 11.3 Å². The summed E-state index contributed by atoms with van der Waals surface area (Å²) >= 11 is 2.84. The average molecular weight is 533 g/mol. The number of carbonyl (C=O) groups excluding carboxylic acids is 1. The van der Waals surface area contributed by atoms with Gasteiger partial charge in [0.15, 0.2) is 17.3 Å². The number of thiophene rings is 1. The number of fused-ring (bicyclic) bond motifs is 1. The molecule has 3 aromatic rings. The van der Waals surface area contributed by atoms with E-state index in [0.717, 1.165) is 21.2 Å². The van der Waals surface area contributed by atoms with Gasteiger partial charge in [0.25, 0.3) is 5.91 Å². The minimum Gasteiger partial charge on any atom is -0.493 e. The number of carbonyl (C=O) groups is 1. The molecule has 3 heterocycles. The molecular formula is C27H24N4O4S2. The highest BCUT2D eigenvalue weighted by Gasteiger charge is 2.36. The molecule has 0 unspecified atom stereocenters. The maximum absolute atomic E-state index is 12.7. The molecule has 0 aliphatic carbocycles. The summed E-state index contributed by atoms with van der Waals surface area (Å²) in [5, 5.41) is 17.6. The lowest BCUT2D eigenvalue weighted by Gasteiger charge is -2.20. The molecular weight excluding hydrogens is 508 g/mol. The SMILES string of the molecule is COc1cc(C=C2C(=N)N3N=C(c4cccs4)SC3=NC2=O)ccc1OCCCOc1ccccc1C. The minimum absolute atomic E-state index is 0.0120. The summed E-state index contributed by atoms with van der Waals surface area (Å²) in [6, 6.07) is 17.2. The fraction of sp³-hybridized carbons (Fsp3) is 0.185. The second kappa shape index (κ2) is 11.0. The Bertz CT molecular complexity index is 1430. The quantitative estimate of drug-likeness (QED) is 0.285. The Morgan fingerprint density at radius 1 is 1.03 bits per heavy atom. The van der Waals surface area contributed by atoms with Crippen LogP contribution in [0.2, 0.25) is 0 Å². The van der Waals surface area contributed by atoms with Crippen molar-refractivity contribution in [2.45, 2.75) is 13.3 Å². The Labute approximate surface area is 222 Å². The van der Waals surface area contributed by atoms with Gasteiger partial charge >= 0.3 is 0 Å². The van der Waals surface area contributed by atoms with Gasteiger partial charge in [-0.25, -0.2) is 0 Å². The van der Waals surface area contributed by atoms with Crippen LogP contribution in [0.4, 0.5) is 0 Å². The Hall–Kier alpha value is -3.89. The molecule has 0 spiro atoms. The standard InChI is InChI=1S/C27H24N4O4S2/c1-17-7-3-4-8-20(17)34-12-6-13-35-21-11-10-18(16-22(21)33-2)15-19-24(28)31-27(29-25(19)32)37-26(30-31)23-9-5-14-36-23/h3-5,7-11,14-16,28H,6,12-13H2,1-2H3. The first-order chi connectivity index (χ1) is 18.0. The summed E-state index contributed by atoms with van der Waals surface area (Å²) in [6.07, 6.45) is 2.33. The van der Waals surface area contributed by atoms with Crippen LogP contribution >= 0.6 is 23.1 Å². The molecule has 2 aromatic carbocycles. The summed E-state index contributed by atoms with van der Waals surface area (Å²) < 4.78 is 17.2. The van der Waals surface area contributed by atoms with E-state index in [1.54, 1.807) is 36.7 Å². The van der Waals surface area contributed by atoms with Crippen LogP contribution in [0.1, 0.15) is 22.4 Å². The number of aryl methyl sites for hydroxylation is 1. The van der Waals surface area contributed by atoms with Crippen molar-refractivity contribution < 1.29 is 19.0 Å². The van der Waals surface area contributed by atoms with E-state index in [4.69, 9.17) is 19.6 Å². The fourth-order valence-electron chi connectivity index (χ4n) is 3.69. The summed E-state index contributed by atoms with van der Waals surface area (Å²) in [4.78, 5) is 17.9. The number of para-hydroxylation sites is 1. The van der Waals surface area contributed by atoms with E-state index in [0.29, 0.717) is 41.9 Å². The smallest absolute Gasteiger partial charge is 0.283 e. The summed E-state index contributed by atoms with van der Waals surface area (Å²) in [7, 11) is 1.56. The third-order valence-electron chi connectivity index (χ3n) is 5.58. The lowest BCUT2D eigenvalue weighted by Crippen LogP contribution is -2.35. The number of nitrogens with one attached hydrogen (secondary N) is 1. The molecule has 0 saturated heterocycles. The predicted molar refractivity (Wildman–Crippen MR) is 148 cm³/mol. The predicted octanol–water partition coefficient (Wildman–Crippen LogP) is 5.58. The van der Waals surface area contributed by atoms with Gasteiger partial charge in [0.1, 0.15) is 10.8 Å². The van der Waals surface area contributed by atoms with E-state index in [9.17, 15) is 4.79 Å². The fourth-order valence-corrected chi connectivity index (χ4v) is 5.38. The molecule has 2 aliphatic heterocycles. The highest BCUT2D eigenvalue weighted by Crippen LogP contribution is 2.33. The summed E-state index contributed by atoms with van der Waals surface area (Å²) in [5.41, 5.74) is 1.94. The number of benzene rings is 2. The van der Waals surface area contributed by atoms with Crippen molar-refractivity contribution >= 4 is 51.1 Å². The van der Waals surface area contributed by atoms with Crippen LogP contribution in [-0.2, 0) is 4.79 Å². The minimum atomic E-state index is -0.473. The summed E-state index contributed by atoms with van der Waals surface area (Å²) in [5.74, 6) is 1.51. The third-order valence-corrected chi connectivity index (χ3v) is 7.53. The number of aliphatic imine (C=N–C) groups is 1. The molecule has 0 atom stereocenters. The second-order valence-electron chi connectivity index (χ2n) is 8.13. The molecule has 1 amide bonds. The number of thioether (sulfide) groups is 1.